The molecular formula is C12H15BrN4. The van der Waals surface area contributed by atoms with Gasteiger partial charge >= 0.3 is 0 Å². The van der Waals surface area contributed by atoms with Crippen LogP contribution in [-0.2, 0) is 6.54 Å². The highest BCUT2D eigenvalue weighted by atomic mass is 79.9. The van der Waals surface area contributed by atoms with Crippen LogP contribution in [0.3, 0.4) is 0 Å². The van der Waals surface area contributed by atoms with Crippen molar-refractivity contribution in [2.24, 2.45) is 0 Å². The Hall–Kier alpha value is -1.36. The Labute approximate surface area is 109 Å². The minimum Gasteiger partial charge on any atom is -0.397 e. The van der Waals surface area contributed by atoms with Crippen molar-refractivity contribution in [3.8, 4) is 11.4 Å². The summed E-state index contributed by atoms with van der Waals surface area (Å²) in [5.41, 5.74) is 7.69. The van der Waals surface area contributed by atoms with E-state index in [1.54, 1.807) is 0 Å². The average molecular weight is 295 g/mol. The highest BCUT2D eigenvalue weighted by Gasteiger charge is 2.13. The highest BCUT2D eigenvalue weighted by Crippen LogP contribution is 2.30. The van der Waals surface area contributed by atoms with Crippen LogP contribution in [0.5, 0.6) is 0 Å². The molecule has 0 aliphatic heterocycles. The third-order valence-corrected chi connectivity index (χ3v) is 3.37. The maximum Gasteiger partial charge on any atom is 0.166 e. The first-order chi connectivity index (χ1) is 8.15. The van der Waals surface area contributed by atoms with Gasteiger partial charge in [0.1, 0.15) is 5.82 Å². The van der Waals surface area contributed by atoms with E-state index in [0.717, 1.165) is 34.7 Å². The number of halogens is 1. The summed E-state index contributed by atoms with van der Waals surface area (Å²) in [6.07, 6.45) is 1.04. The van der Waals surface area contributed by atoms with Gasteiger partial charge < -0.3 is 10.3 Å². The van der Waals surface area contributed by atoms with Crippen LogP contribution in [0, 0.1) is 6.92 Å². The number of nitrogens with two attached hydrogens (primary N) is 1. The molecule has 90 valence electrons. The average Bonchev–Trinajstić information content (AvgIpc) is 2.66. The molecule has 0 amide bonds. The molecule has 17 heavy (non-hydrogen) atoms. The van der Waals surface area contributed by atoms with Crippen LogP contribution >= 0.6 is 15.9 Å². The SMILES string of the molecule is CCCn1c(C)nnc1-c1cccc(Br)c1N. The zero-order valence-corrected chi connectivity index (χ0v) is 11.5. The van der Waals surface area contributed by atoms with Crippen LogP contribution in [0.4, 0.5) is 5.69 Å². The van der Waals surface area contributed by atoms with E-state index >= 15 is 0 Å². The number of para-hydroxylation sites is 1. The molecule has 0 fully saturated rings. The molecule has 5 heteroatoms. The molecule has 2 rings (SSSR count). The number of hydrogen-bond acceptors (Lipinski definition) is 3. The number of aromatic nitrogens is 3. The quantitative estimate of drug-likeness (QED) is 0.886. The van der Waals surface area contributed by atoms with Gasteiger partial charge in [-0.1, -0.05) is 13.0 Å². The van der Waals surface area contributed by atoms with Gasteiger partial charge in [-0.05, 0) is 41.4 Å². The first-order valence-electron chi connectivity index (χ1n) is 5.59. The second-order valence-corrected chi connectivity index (χ2v) is 4.78. The minimum atomic E-state index is 0.706. The molecule has 4 nitrogen and oxygen atoms in total. The summed E-state index contributed by atoms with van der Waals surface area (Å²) in [7, 11) is 0. The number of rotatable bonds is 3. The smallest absolute Gasteiger partial charge is 0.166 e. The largest absolute Gasteiger partial charge is 0.397 e. The topological polar surface area (TPSA) is 56.7 Å². The first kappa shape index (κ1) is 12.1. The molecule has 0 aliphatic rings. The van der Waals surface area contributed by atoms with Gasteiger partial charge in [0.05, 0.1) is 5.69 Å². The maximum absolute atomic E-state index is 6.06. The lowest BCUT2D eigenvalue weighted by Gasteiger charge is -2.09. The fourth-order valence-electron chi connectivity index (χ4n) is 1.80. The van der Waals surface area contributed by atoms with Gasteiger partial charge in [0.2, 0.25) is 0 Å². The van der Waals surface area contributed by atoms with Gasteiger partial charge in [0.25, 0.3) is 0 Å². The van der Waals surface area contributed by atoms with E-state index in [0.29, 0.717) is 5.69 Å². The van der Waals surface area contributed by atoms with E-state index in [2.05, 4.69) is 37.6 Å². The molecule has 2 aromatic rings. The summed E-state index contributed by atoms with van der Waals surface area (Å²) in [5.74, 6) is 1.75. The van der Waals surface area contributed by atoms with Crippen LogP contribution in [0.15, 0.2) is 22.7 Å². The standard InChI is InChI=1S/C12H15BrN4/c1-3-7-17-8(2)15-16-12(17)9-5-4-6-10(13)11(9)14/h4-6H,3,7,14H2,1-2H3. The number of hydrogen-bond donors (Lipinski definition) is 1. The van der Waals surface area contributed by atoms with Crippen LogP contribution < -0.4 is 5.73 Å². The lowest BCUT2D eigenvalue weighted by atomic mass is 10.1. The van der Waals surface area contributed by atoms with Crippen molar-refractivity contribution in [3.63, 3.8) is 0 Å². The predicted molar refractivity (Wildman–Crippen MR) is 72.6 cm³/mol. The number of benzene rings is 1. The molecule has 0 spiro atoms. The summed E-state index contributed by atoms with van der Waals surface area (Å²) in [6.45, 7) is 4.99. The minimum absolute atomic E-state index is 0.706. The monoisotopic (exact) mass is 294 g/mol. The van der Waals surface area contributed by atoms with Crippen LogP contribution in [0.25, 0.3) is 11.4 Å². The van der Waals surface area contributed by atoms with Crippen LogP contribution in [0.1, 0.15) is 19.2 Å². The summed E-state index contributed by atoms with van der Waals surface area (Å²) in [5, 5.41) is 8.34. The molecule has 0 aliphatic carbocycles. The molecule has 1 aromatic heterocycles. The Morgan fingerprint density at radius 3 is 2.82 bits per heavy atom. The summed E-state index contributed by atoms with van der Waals surface area (Å²) in [6, 6.07) is 5.85. The highest BCUT2D eigenvalue weighted by molar-refractivity contribution is 9.10. The lowest BCUT2D eigenvalue weighted by molar-refractivity contribution is 0.663. The third kappa shape index (κ3) is 2.20. The Morgan fingerprint density at radius 2 is 2.12 bits per heavy atom. The summed E-state index contributed by atoms with van der Waals surface area (Å²) < 4.78 is 2.98. The fourth-order valence-corrected chi connectivity index (χ4v) is 2.17. The molecule has 0 radical (unpaired) electrons. The molecule has 0 saturated heterocycles. The van der Waals surface area contributed by atoms with Gasteiger partial charge in [0, 0.05) is 16.6 Å². The number of aryl methyl sites for hydroxylation is 1. The van der Waals surface area contributed by atoms with E-state index in [9.17, 15) is 0 Å². The van der Waals surface area contributed by atoms with E-state index in [4.69, 9.17) is 5.73 Å². The number of nitrogen functional groups attached to an aromatic ring is 1. The Kier molecular flexibility index (Phi) is 3.47. The van der Waals surface area contributed by atoms with E-state index in [1.165, 1.54) is 0 Å². The van der Waals surface area contributed by atoms with E-state index < -0.39 is 0 Å². The fraction of sp³-hybridized carbons (Fsp3) is 0.333. The number of nitrogens with zero attached hydrogens (tertiary/aromatic N) is 3. The van der Waals surface area contributed by atoms with Crippen molar-refractivity contribution in [1.29, 1.82) is 0 Å². The van der Waals surface area contributed by atoms with Gasteiger partial charge in [0.15, 0.2) is 5.82 Å². The van der Waals surface area contributed by atoms with Crippen molar-refractivity contribution < 1.29 is 0 Å². The first-order valence-corrected chi connectivity index (χ1v) is 6.38. The van der Waals surface area contributed by atoms with Crippen molar-refractivity contribution >= 4 is 21.6 Å². The number of anilines is 1. The van der Waals surface area contributed by atoms with Crippen LogP contribution in [0.2, 0.25) is 0 Å². The van der Waals surface area contributed by atoms with Crippen molar-refractivity contribution in [3.05, 3.63) is 28.5 Å². The molecule has 0 saturated carbocycles. The summed E-state index contributed by atoms with van der Waals surface area (Å²) >= 11 is 3.43. The molecule has 0 bridgehead atoms. The van der Waals surface area contributed by atoms with Gasteiger partial charge in [-0.3, -0.25) is 0 Å². The third-order valence-electron chi connectivity index (χ3n) is 2.68. The van der Waals surface area contributed by atoms with Crippen LogP contribution in [-0.4, -0.2) is 14.8 Å². The molecule has 0 unspecified atom stereocenters. The van der Waals surface area contributed by atoms with Gasteiger partial charge in [-0.15, -0.1) is 10.2 Å². The molecule has 1 aromatic carbocycles. The summed E-state index contributed by atoms with van der Waals surface area (Å²) in [4.78, 5) is 0. The van der Waals surface area contributed by atoms with Crippen molar-refractivity contribution in [2.75, 3.05) is 5.73 Å². The van der Waals surface area contributed by atoms with E-state index in [-0.39, 0.29) is 0 Å². The lowest BCUT2D eigenvalue weighted by Crippen LogP contribution is -2.03. The zero-order chi connectivity index (χ0) is 12.4. The maximum atomic E-state index is 6.06. The zero-order valence-electron chi connectivity index (χ0n) is 9.94. The van der Waals surface area contributed by atoms with Gasteiger partial charge in [-0.25, -0.2) is 0 Å². The molecule has 1 heterocycles. The Bertz CT molecular complexity index is 533. The van der Waals surface area contributed by atoms with Crippen molar-refractivity contribution in [1.82, 2.24) is 14.8 Å². The Balaban J connectivity index is 2.56. The molecular weight excluding hydrogens is 280 g/mol. The van der Waals surface area contributed by atoms with E-state index in [1.807, 2.05) is 25.1 Å². The molecule has 0 atom stereocenters. The second-order valence-electron chi connectivity index (χ2n) is 3.92. The normalized spacial score (nSPS) is 10.8. The Morgan fingerprint density at radius 1 is 1.35 bits per heavy atom. The molecule has 2 N–H and O–H groups in total. The van der Waals surface area contributed by atoms with Crippen molar-refractivity contribution in [2.45, 2.75) is 26.8 Å². The predicted octanol–water partition coefficient (Wildman–Crippen LogP) is 3.01. The second kappa shape index (κ2) is 4.87. The van der Waals surface area contributed by atoms with Gasteiger partial charge in [-0.2, -0.15) is 0 Å².